The largest absolute Gasteiger partial charge is 0.341 e. The molecule has 0 aliphatic heterocycles. The topological polar surface area (TPSA) is 46.3 Å². The summed E-state index contributed by atoms with van der Waals surface area (Å²) < 4.78 is 0. The zero-order chi connectivity index (χ0) is 13.8. The summed E-state index contributed by atoms with van der Waals surface area (Å²) >= 11 is 0. The Labute approximate surface area is 110 Å². The number of carbonyl (C=O) groups excluding carboxylic acids is 1. The summed E-state index contributed by atoms with van der Waals surface area (Å²) in [5.74, 6) is 0.0852. The van der Waals surface area contributed by atoms with Gasteiger partial charge in [0.25, 0.3) is 0 Å². The van der Waals surface area contributed by atoms with Gasteiger partial charge in [-0.25, -0.2) is 0 Å². The third-order valence-corrected chi connectivity index (χ3v) is 2.88. The van der Waals surface area contributed by atoms with E-state index < -0.39 is 5.54 Å². The van der Waals surface area contributed by atoms with E-state index in [-0.39, 0.29) is 5.91 Å². The van der Waals surface area contributed by atoms with E-state index in [4.69, 9.17) is 5.73 Å². The number of nitrogens with two attached hydrogens (primary N) is 1. The lowest BCUT2D eigenvalue weighted by Gasteiger charge is -2.23. The number of rotatable bonds is 5. The summed E-state index contributed by atoms with van der Waals surface area (Å²) in [6.45, 7) is 6.51. The van der Waals surface area contributed by atoms with Crippen molar-refractivity contribution in [3.05, 3.63) is 35.4 Å². The first-order chi connectivity index (χ1) is 8.31. The lowest BCUT2D eigenvalue weighted by molar-refractivity contribution is -0.131. The molecule has 0 radical (unpaired) electrons. The molecule has 0 unspecified atom stereocenters. The van der Waals surface area contributed by atoms with Crippen molar-refractivity contribution >= 4 is 5.91 Å². The predicted octanol–water partition coefficient (Wildman–Crippen LogP) is 2.33. The van der Waals surface area contributed by atoms with Crippen molar-refractivity contribution in [2.75, 3.05) is 7.05 Å². The molecule has 0 atom stereocenters. The molecule has 0 saturated heterocycles. The van der Waals surface area contributed by atoms with Gasteiger partial charge in [0.15, 0.2) is 0 Å². The Hall–Kier alpha value is -1.35. The molecule has 0 saturated carbocycles. The molecule has 0 fully saturated rings. The van der Waals surface area contributed by atoms with Gasteiger partial charge >= 0.3 is 0 Å². The van der Waals surface area contributed by atoms with Crippen LogP contribution in [0, 0.1) is 0 Å². The second-order valence-corrected chi connectivity index (χ2v) is 5.59. The monoisotopic (exact) mass is 248 g/mol. The molecule has 1 amide bonds. The van der Waals surface area contributed by atoms with Gasteiger partial charge in [0.05, 0.1) is 0 Å². The molecule has 0 aromatic heterocycles. The van der Waals surface area contributed by atoms with E-state index in [1.54, 1.807) is 4.90 Å². The first-order valence-corrected chi connectivity index (χ1v) is 6.42. The van der Waals surface area contributed by atoms with Crippen molar-refractivity contribution in [3.63, 3.8) is 0 Å². The number of aryl methyl sites for hydroxylation is 1. The maximum Gasteiger partial charge on any atom is 0.224 e. The molecule has 1 aromatic rings. The maximum absolute atomic E-state index is 11.9. The Morgan fingerprint density at radius 3 is 2.17 bits per heavy atom. The van der Waals surface area contributed by atoms with Crippen molar-refractivity contribution in [2.24, 2.45) is 5.73 Å². The van der Waals surface area contributed by atoms with Gasteiger partial charge in [0, 0.05) is 25.6 Å². The fourth-order valence-corrected chi connectivity index (χ4v) is 1.77. The molecule has 3 nitrogen and oxygen atoms in total. The maximum atomic E-state index is 11.9. The number of carbonyl (C=O) groups is 1. The van der Waals surface area contributed by atoms with E-state index in [2.05, 4.69) is 31.2 Å². The minimum atomic E-state index is -0.447. The molecule has 0 aliphatic rings. The van der Waals surface area contributed by atoms with Crippen LogP contribution in [0.2, 0.25) is 0 Å². The van der Waals surface area contributed by atoms with Gasteiger partial charge in [0.2, 0.25) is 5.91 Å². The first-order valence-electron chi connectivity index (χ1n) is 6.42. The summed E-state index contributed by atoms with van der Waals surface area (Å²) in [7, 11) is 1.82. The summed E-state index contributed by atoms with van der Waals surface area (Å²) in [5, 5.41) is 0. The van der Waals surface area contributed by atoms with Crippen LogP contribution in [0.5, 0.6) is 0 Å². The SMILES string of the molecule is CCc1ccc(CN(C)C(=O)CC(C)(C)N)cc1. The normalized spacial score (nSPS) is 11.4. The van der Waals surface area contributed by atoms with E-state index in [1.807, 2.05) is 20.9 Å². The number of nitrogens with zero attached hydrogens (tertiary/aromatic N) is 1. The lowest BCUT2D eigenvalue weighted by atomic mass is 10.0. The number of benzene rings is 1. The molecule has 2 N–H and O–H groups in total. The molecule has 0 aliphatic carbocycles. The number of amides is 1. The van der Waals surface area contributed by atoms with Crippen LogP contribution >= 0.6 is 0 Å². The van der Waals surface area contributed by atoms with Gasteiger partial charge in [-0.2, -0.15) is 0 Å². The minimum absolute atomic E-state index is 0.0852. The van der Waals surface area contributed by atoms with Gasteiger partial charge in [-0.05, 0) is 31.4 Å². The predicted molar refractivity (Wildman–Crippen MR) is 75.2 cm³/mol. The second-order valence-electron chi connectivity index (χ2n) is 5.59. The van der Waals surface area contributed by atoms with Crippen molar-refractivity contribution in [1.82, 2.24) is 4.90 Å². The van der Waals surface area contributed by atoms with E-state index in [0.717, 1.165) is 12.0 Å². The highest BCUT2D eigenvalue weighted by Gasteiger charge is 2.19. The molecule has 100 valence electrons. The van der Waals surface area contributed by atoms with Crippen molar-refractivity contribution in [2.45, 2.75) is 45.7 Å². The highest BCUT2D eigenvalue weighted by Crippen LogP contribution is 2.10. The van der Waals surface area contributed by atoms with Gasteiger partial charge in [0.1, 0.15) is 0 Å². The smallest absolute Gasteiger partial charge is 0.224 e. The summed E-state index contributed by atoms with van der Waals surface area (Å²) in [4.78, 5) is 13.7. The van der Waals surface area contributed by atoms with Crippen LogP contribution in [0.4, 0.5) is 0 Å². The minimum Gasteiger partial charge on any atom is -0.341 e. The first kappa shape index (κ1) is 14.7. The van der Waals surface area contributed by atoms with E-state index in [9.17, 15) is 4.79 Å². The van der Waals surface area contributed by atoms with Crippen molar-refractivity contribution < 1.29 is 4.79 Å². The third-order valence-electron chi connectivity index (χ3n) is 2.88. The third kappa shape index (κ3) is 4.88. The standard InChI is InChI=1S/C15H24N2O/c1-5-12-6-8-13(9-7-12)11-17(4)14(18)10-15(2,3)16/h6-9H,5,10-11,16H2,1-4H3. The Morgan fingerprint density at radius 2 is 1.72 bits per heavy atom. The van der Waals surface area contributed by atoms with Crippen LogP contribution in [0.3, 0.4) is 0 Å². The average Bonchev–Trinajstić information content (AvgIpc) is 2.27. The van der Waals surface area contributed by atoms with Gasteiger partial charge in [-0.15, -0.1) is 0 Å². The molecule has 0 spiro atoms. The average molecular weight is 248 g/mol. The Balaban J connectivity index is 2.58. The van der Waals surface area contributed by atoms with E-state index in [1.165, 1.54) is 5.56 Å². The van der Waals surface area contributed by atoms with E-state index in [0.29, 0.717) is 13.0 Å². The molecular weight excluding hydrogens is 224 g/mol. The van der Waals surface area contributed by atoms with Crippen LogP contribution in [0.1, 0.15) is 38.3 Å². The molecular formula is C15H24N2O. The Morgan fingerprint density at radius 1 is 1.22 bits per heavy atom. The molecule has 3 heteroatoms. The fourth-order valence-electron chi connectivity index (χ4n) is 1.77. The van der Waals surface area contributed by atoms with Crippen molar-refractivity contribution in [1.29, 1.82) is 0 Å². The molecule has 1 rings (SSSR count). The Kier molecular flexibility index (Phi) is 4.91. The van der Waals surface area contributed by atoms with Crippen LogP contribution in [-0.4, -0.2) is 23.4 Å². The highest BCUT2D eigenvalue weighted by molar-refractivity contribution is 5.77. The Bertz CT molecular complexity index is 390. The van der Waals surface area contributed by atoms with Crippen LogP contribution < -0.4 is 5.73 Å². The van der Waals surface area contributed by atoms with Gasteiger partial charge in [-0.1, -0.05) is 31.2 Å². The molecule has 0 bridgehead atoms. The molecule has 18 heavy (non-hydrogen) atoms. The number of hydrogen-bond acceptors (Lipinski definition) is 2. The molecule has 0 heterocycles. The summed E-state index contributed by atoms with van der Waals surface area (Å²) in [6, 6.07) is 8.38. The van der Waals surface area contributed by atoms with Crippen LogP contribution in [0.15, 0.2) is 24.3 Å². The van der Waals surface area contributed by atoms with E-state index >= 15 is 0 Å². The van der Waals surface area contributed by atoms with Crippen LogP contribution in [-0.2, 0) is 17.8 Å². The van der Waals surface area contributed by atoms with Crippen LogP contribution in [0.25, 0.3) is 0 Å². The zero-order valence-electron chi connectivity index (χ0n) is 11.9. The quantitative estimate of drug-likeness (QED) is 0.869. The van der Waals surface area contributed by atoms with Crippen molar-refractivity contribution in [3.8, 4) is 0 Å². The fraction of sp³-hybridized carbons (Fsp3) is 0.533. The highest BCUT2D eigenvalue weighted by atomic mass is 16.2. The summed E-state index contributed by atoms with van der Waals surface area (Å²) in [6.07, 6.45) is 1.41. The van der Waals surface area contributed by atoms with Gasteiger partial charge < -0.3 is 10.6 Å². The lowest BCUT2D eigenvalue weighted by Crippen LogP contribution is -2.39. The van der Waals surface area contributed by atoms with Gasteiger partial charge in [-0.3, -0.25) is 4.79 Å². The second kappa shape index (κ2) is 6.01. The zero-order valence-corrected chi connectivity index (χ0v) is 11.9. The molecule has 1 aromatic carbocycles. The summed E-state index contributed by atoms with van der Waals surface area (Å²) in [5.41, 5.74) is 7.88. The number of hydrogen-bond donors (Lipinski definition) is 1.